The Bertz CT molecular complexity index is 185. The Morgan fingerprint density at radius 1 is 0.850 bits per heavy atom. The van der Waals surface area contributed by atoms with Gasteiger partial charge in [0.1, 0.15) is 0 Å². The Morgan fingerprint density at radius 3 is 1.90 bits per heavy atom. The van der Waals surface area contributed by atoms with E-state index in [0.717, 1.165) is 25.9 Å². The summed E-state index contributed by atoms with van der Waals surface area (Å²) in [6.07, 6.45) is 2.69. The molecule has 1 saturated heterocycles. The van der Waals surface area contributed by atoms with E-state index in [0.29, 0.717) is 45.7 Å². The third-order valence-corrected chi connectivity index (χ3v) is 3.05. The van der Waals surface area contributed by atoms with Crippen LogP contribution in [0.25, 0.3) is 0 Å². The molecule has 0 atom stereocenters. The van der Waals surface area contributed by atoms with Crippen LogP contribution in [0.1, 0.15) is 26.7 Å². The highest BCUT2D eigenvalue weighted by molar-refractivity contribution is 4.69. The quantitative estimate of drug-likeness (QED) is 0.574. The minimum absolute atomic E-state index is 0.419. The second kappa shape index (κ2) is 15.2. The first-order valence-corrected chi connectivity index (χ1v) is 7.77. The molecule has 0 N–H and O–H groups in total. The molecule has 0 saturated carbocycles. The van der Waals surface area contributed by atoms with Crippen LogP contribution in [0.3, 0.4) is 0 Å². The van der Waals surface area contributed by atoms with E-state index >= 15 is 0 Å². The lowest BCUT2D eigenvalue weighted by molar-refractivity contribution is -0.0313. The number of piperidine rings is 1. The van der Waals surface area contributed by atoms with Crippen LogP contribution in [0.15, 0.2) is 0 Å². The maximum absolute atomic E-state index is 5.76. The van der Waals surface area contributed by atoms with Crippen LogP contribution >= 0.6 is 0 Å². The molecule has 1 aliphatic rings. The van der Waals surface area contributed by atoms with Gasteiger partial charge in [-0.2, -0.15) is 0 Å². The van der Waals surface area contributed by atoms with Crippen molar-refractivity contribution in [2.24, 2.45) is 0 Å². The summed E-state index contributed by atoms with van der Waals surface area (Å²) in [6, 6.07) is 0. The topological polar surface area (TPSA) is 40.2 Å². The predicted octanol–water partition coefficient (Wildman–Crippen LogP) is 1.80. The van der Waals surface area contributed by atoms with E-state index in [1.807, 2.05) is 13.8 Å². The first-order valence-electron chi connectivity index (χ1n) is 7.77. The molecule has 0 radical (unpaired) electrons. The molecule has 0 spiro atoms. The standard InChI is InChI=1S/C13H27NO4.C2H6/c1-14-5-3-13(4-6-14)18-12-11-17-10-9-16-8-7-15-2;1-2/h13H,3-12H2,1-2H3;1-2H3. The maximum Gasteiger partial charge on any atom is 0.0704 e. The first-order chi connectivity index (χ1) is 9.83. The van der Waals surface area contributed by atoms with Crippen LogP contribution in [-0.4, -0.2) is 77.9 Å². The van der Waals surface area contributed by atoms with Gasteiger partial charge in [-0.3, -0.25) is 0 Å². The van der Waals surface area contributed by atoms with E-state index in [1.54, 1.807) is 7.11 Å². The molecule has 1 rings (SSSR count). The lowest BCUT2D eigenvalue weighted by Gasteiger charge is -2.28. The molecule has 0 aromatic heterocycles. The lowest BCUT2D eigenvalue weighted by Crippen LogP contribution is -2.34. The molecule has 1 fully saturated rings. The largest absolute Gasteiger partial charge is 0.382 e. The van der Waals surface area contributed by atoms with Crippen LogP contribution in [0.4, 0.5) is 0 Å². The van der Waals surface area contributed by atoms with E-state index in [-0.39, 0.29) is 0 Å². The minimum atomic E-state index is 0.419. The molecule has 1 heterocycles. The summed E-state index contributed by atoms with van der Waals surface area (Å²) >= 11 is 0. The van der Waals surface area contributed by atoms with Crippen molar-refractivity contribution in [3.63, 3.8) is 0 Å². The zero-order chi connectivity index (χ0) is 15.1. The smallest absolute Gasteiger partial charge is 0.0704 e. The fourth-order valence-corrected chi connectivity index (χ4v) is 1.89. The lowest BCUT2D eigenvalue weighted by atomic mass is 10.1. The van der Waals surface area contributed by atoms with E-state index in [1.165, 1.54) is 0 Å². The number of nitrogens with zero attached hydrogens (tertiary/aromatic N) is 1. The highest BCUT2D eigenvalue weighted by atomic mass is 16.6. The highest BCUT2D eigenvalue weighted by Crippen LogP contribution is 2.11. The van der Waals surface area contributed by atoms with Gasteiger partial charge in [-0.05, 0) is 19.9 Å². The van der Waals surface area contributed by atoms with Gasteiger partial charge < -0.3 is 23.8 Å². The van der Waals surface area contributed by atoms with Gasteiger partial charge in [0.05, 0.1) is 45.7 Å². The summed E-state index contributed by atoms with van der Waals surface area (Å²) < 4.78 is 21.3. The zero-order valence-corrected chi connectivity index (χ0v) is 13.7. The van der Waals surface area contributed by atoms with Crippen LogP contribution in [0, 0.1) is 0 Å². The average Bonchev–Trinajstić information content (AvgIpc) is 2.49. The van der Waals surface area contributed by atoms with E-state index < -0.39 is 0 Å². The van der Waals surface area contributed by atoms with Gasteiger partial charge in [0.25, 0.3) is 0 Å². The van der Waals surface area contributed by atoms with E-state index in [2.05, 4.69) is 11.9 Å². The summed E-state index contributed by atoms with van der Waals surface area (Å²) in [5.41, 5.74) is 0. The van der Waals surface area contributed by atoms with Crippen molar-refractivity contribution >= 4 is 0 Å². The SMILES string of the molecule is CC.COCCOCCOCCOC1CCN(C)CC1. The number of ether oxygens (including phenoxy) is 4. The van der Waals surface area contributed by atoms with Crippen LogP contribution < -0.4 is 0 Å². The Balaban J connectivity index is 0.00000172. The Morgan fingerprint density at radius 2 is 1.35 bits per heavy atom. The number of hydrogen-bond donors (Lipinski definition) is 0. The van der Waals surface area contributed by atoms with Crippen molar-refractivity contribution in [1.29, 1.82) is 0 Å². The first kappa shape index (κ1) is 19.8. The zero-order valence-electron chi connectivity index (χ0n) is 13.7. The second-order valence-electron chi connectivity index (χ2n) is 4.59. The van der Waals surface area contributed by atoms with Crippen molar-refractivity contribution in [2.45, 2.75) is 32.8 Å². The minimum Gasteiger partial charge on any atom is -0.382 e. The molecule has 0 aliphatic carbocycles. The molecule has 0 aromatic carbocycles. The van der Waals surface area contributed by atoms with Gasteiger partial charge in [-0.1, -0.05) is 13.8 Å². The monoisotopic (exact) mass is 291 g/mol. The maximum atomic E-state index is 5.76. The Kier molecular flexibility index (Phi) is 15.0. The van der Waals surface area contributed by atoms with Crippen LogP contribution in [0.5, 0.6) is 0 Å². The fourth-order valence-electron chi connectivity index (χ4n) is 1.89. The van der Waals surface area contributed by atoms with Crippen molar-refractivity contribution in [1.82, 2.24) is 4.90 Å². The summed E-state index contributed by atoms with van der Waals surface area (Å²) in [5, 5.41) is 0. The van der Waals surface area contributed by atoms with Crippen LogP contribution in [0.2, 0.25) is 0 Å². The molecule has 5 nitrogen and oxygen atoms in total. The van der Waals surface area contributed by atoms with Gasteiger partial charge in [-0.15, -0.1) is 0 Å². The molecular formula is C15H33NO4. The Labute approximate surface area is 124 Å². The third kappa shape index (κ3) is 11.6. The predicted molar refractivity (Wildman–Crippen MR) is 81.3 cm³/mol. The van der Waals surface area contributed by atoms with Crippen molar-refractivity contribution < 1.29 is 18.9 Å². The van der Waals surface area contributed by atoms with Gasteiger partial charge in [0, 0.05) is 20.2 Å². The highest BCUT2D eigenvalue weighted by Gasteiger charge is 2.16. The number of rotatable bonds is 10. The third-order valence-electron chi connectivity index (χ3n) is 3.05. The van der Waals surface area contributed by atoms with Crippen molar-refractivity contribution in [2.75, 3.05) is 66.9 Å². The van der Waals surface area contributed by atoms with Crippen LogP contribution in [-0.2, 0) is 18.9 Å². The summed E-state index contributed by atoms with van der Waals surface area (Å²) in [4.78, 5) is 2.34. The van der Waals surface area contributed by atoms with Crippen molar-refractivity contribution in [3.8, 4) is 0 Å². The summed E-state index contributed by atoms with van der Waals surface area (Å²) in [5.74, 6) is 0. The van der Waals surface area contributed by atoms with E-state index in [9.17, 15) is 0 Å². The van der Waals surface area contributed by atoms with Gasteiger partial charge in [-0.25, -0.2) is 0 Å². The number of likely N-dealkylation sites (tertiary alicyclic amines) is 1. The molecule has 0 bridgehead atoms. The van der Waals surface area contributed by atoms with Crippen molar-refractivity contribution in [3.05, 3.63) is 0 Å². The van der Waals surface area contributed by atoms with Gasteiger partial charge in [0.2, 0.25) is 0 Å². The molecule has 5 heteroatoms. The summed E-state index contributed by atoms with van der Waals surface area (Å²) in [6.45, 7) is 10.1. The molecule has 20 heavy (non-hydrogen) atoms. The number of methoxy groups -OCH3 is 1. The number of hydrogen-bond acceptors (Lipinski definition) is 5. The molecule has 0 amide bonds. The second-order valence-corrected chi connectivity index (χ2v) is 4.59. The molecule has 0 aromatic rings. The molecular weight excluding hydrogens is 258 g/mol. The van der Waals surface area contributed by atoms with Gasteiger partial charge >= 0.3 is 0 Å². The Hall–Kier alpha value is -0.200. The molecule has 1 aliphatic heterocycles. The van der Waals surface area contributed by atoms with E-state index in [4.69, 9.17) is 18.9 Å². The van der Waals surface area contributed by atoms with Gasteiger partial charge in [0.15, 0.2) is 0 Å². The molecule has 0 unspecified atom stereocenters. The molecule has 122 valence electrons. The fraction of sp³-hybridized carbons (Fsp3) is 1.00. The average molecular weight is 291 g/mol. The normalized spacial score (nSPS) is 16.8. The summed E-state index contributed by atoms with van der Waals surface area (Å²) in [7, 11) is 3.82.